The van der Waals surface area contributed by atoms with E-state index in [1.165, 1.54) is 4.68 Å². The minimum absolute atomic E-state index is 0.149. The molecule has 230 valence electrons. The first-order chi connectivity index (χ1) is 20.6. The van der Waals surface area contributed by atoms with Gasteiger partial charge in [-0.25, -0.2) is 14.3 Å². The molecule has 3 aromatic rings. The highest BCUT2D eigenvalue weighted by molar-refractivity contribution is 5.84. The van der Waals surface area contributed by atoms with Crippen molar-refractivity contribution in [2.75, 3.05) is 40.3 Å². The van der Waals surface area contributed by atoms with E-state index in [0.29, 0.717) is 62.0 Å². The molecule has 2 aliphatic heterocycles. The van der Waals surface area contributed by atoms with E-state index in [9.17, 15) is 19.5 Å². The molecule has 5 rings (SSSR count). The van der Waals surface area contributed by atoms with Gasteiger partial charge in [0.15, 0.2) is 11.9 Å². The van der Waals surface area contributed by atoms with E-state index in [2.05, 4.69) is 29.1 Å². The number of amides is 2. The van der Waals surface area contributed by atoms with E-state index >= 15 is 0 Å². The van der Waals surface area contributed by atoms with Crippen LogP contribution in [0, 0.1) is 13.8 Å². The van der Waals surface area contributed by atoms with Crippen molar-refractivity contribution in [3.05, 3.63) is 69.6 Å². The SMILES string of the molecule is Cc1cc(C[C@@H](OC(=O)N2CCC(n3nc(-c4ccccc4)[nH]c3=O)CC2)C(=O)N2CCC(N(C)C)CC2)cc(C)c1O. The van der Waals surface area contributed by atoms with Gasteiger partial charge in [0.25, 0.3) is 5.91 Å². The maximum atomic E-state index is 13.7. The number of aromatic amines is 1. The Labute approximate surface area is 252 Å². The Morgan fingerprint density at radius 3 is 2.21 bits per heavy atom. The van der Waals surface area contributed by atoms with E-state index in [1.807, 2.05) is 56.3 Å². The van der Waals surface area contributed by atoms with Crippen LogP contribution in [0.1, 0.15) is 48.4 Å². The second-order valence-corrected chi connectivity index (χ2v) is 12.0. The first-order valence-electron chi connectivity index (χ1n) is 15.0. The molecule has 2 N–H and O–H groups in total. The number of nitrogens with one attached hydrogen (secondary N) is 1. The highest BCUT2D eigenvalue weighted by Gasteiger charge is 2.34. The number of likely N-dealkylation sites (tertiary alicyclic amines) is 2. The summed E-state index contributed by atoms with van der Waals surface area (Å²) < 4.78 is 7.43. The molecule has 3 heterocycles. The molecule has 0 spiro atoms. The van der Waals surface area contributed by atoms with Crippen LogP contribution in [0.4, 0.5) is 4.79 Å². The Morgan fingerprint density at radius 1 is 1.00 bits per heavy atom. The fourth-order valence-corrected chi connectivity index (χ4v) is 6.16. The summed E-state index contributed by atoms with van der Waals surface area (Å²) in [5, 5.41) is 14.8. The molecule has 0 saturated carbocycles. The summed E-state index contributed by atoms with van der Waals surface area (Å²) in [5.41, 5.74) is 2.81. The lowest BCUT2D eigenvalue weighted by Gasteiger charge is -2.37. The Kier molecular flexibility index (Phi) is 9.19. The normalized spacial score (nSPS) is 17.3. The van der Waals surface area contributed by atoms with Crippen molar-refractivity contribution >= 4 is 12.0 Å². The third-order valence-electron chi connectivity index (χ3n) is 8.75. The van der Waals surface area contributed by atoms with Gasteiger partial charge >= 0.3 is 11.8 Å². The number of H-pyrrole nitrogens is 1. The molecular weight excluding hydrogens is 548 g/mol. The van der Waals surface area contributed by atoms with Crippen molar-refractivity contribution in [2.45, 2.75) is 64.1 Å². The minimum Gasteiger partial charge on any atom is -0.507 e. The zero-order valence-corrected chi connectivity index (χ0v) is 25.5. The molecule has 11 nitrogen and oxygen atoms in total. The number of aryl methyl sites for hydroxylation is 2. The summed E-state index contributed by atoms with van der Waals surface area (Å²) in [6.07, 6.45) is 1.52. The second kappa shape index (κ2) is 13.0. The number of rotatable bonds is 7. The average molecular weight is 591 g/mol. The van der Waals surface area contributed by atoms with Crippen molar-refractivity contribution in [1.29, 1.82) is 0 Å². The molecule has 0 aliphatic carbocycles. The van der Waals surface area contributed by atoms with Crippen molar-refractivity contribution in [3.8, 4) is 17.1 Å². The topological polar surface area (TPSA) is 124 Å². The van der Waals surface area contributed by atoms with Crippen molar-refractivity contribution in [2.24, 2.45) is 0 Å². The maximum absolute atomic E-state index is 13.7. The monoisotopic (exact) mass is 590 g/mol. The van der Waals surface area contributed by atoms with Crippen molar-refractivity contribution < 1.29 is 19.4 Å². The van der Waals surface area contributed by atoms with Crippen LogP contribution in [-0.4, -0.2) is 99.0 Å². The van der Waals surface area contributed by atoms with E-state index in [0.717, 1.165) is 24.0 Å². The number of phenolic OH excluding ortho intramolecular Hbond substituents is 1. The minimum atomic E-state index is -0.980. The number of ether oxygens (including phenoxy) is 1. The molecule has 43 heavy (non-hydrogen) atoms. The molecule has 1 atom stereocenters. The molecule has 2 saturated heterocycles. The molecule has 11 heteroatoms. The van der Waals surface area contributed by atoms with Crippen LogP contribution in [0.15, 0.2) is 47.3 Å². The molecule has 2 aliphatic rings. The van der Waals surface area contributed by atoms with E-state index in [1.54, 1.807) is 9.80 Å². The van der Waals surface area contributed by atoms with Gasteiger partial charge in [-0.3, -0.25) is 9.78 Å². The molecule has 0 unspecified atom stereocenters. The highest BCUT2D eigenvalue weighted by atomic mass is 16.6. The Morgan fingerprint density at radius 2 is 1.60 bits per heavy atom. The Hall–Kier alpha value is -4.12. The fourth-order valence-electron chi connectivity index (χ4n) is 6.16. The quantitative estimate of drug-likeness (QED) is 0.432. The number of phenols is 1. The largest absolute Gasteiger partial charge is 0.507 e. The molecular formula is C32H42N6O5. The number of hydrogen-bond donors (Lipinski definition) is 2. The summed E-state index contributed by atoms with van der Waals surface area (Å²) in [4.78, 5) is 48.3. The number of carbonyl (C=O) groups excluding carboxylic acids is 2. The number of carbonyl (C=O) groups is 2. The Balaban J connectivity index is 1.26. The number of benzene rings is 2. The maximum Gasteiger partial charge on any atom is 0.410 e. The number of piperidine rings is 2. The van der Waals surface area contributed by atoms with Crippen molar-refractivity contribution in [1.82, 2.24) is 29.5 Å². The number of nitrogens with zero attached hydrogens (tertiary/aromatic N) is 5. The summed E-state index contributed by atoms with van der Waals surface area (Å²) in [7, 11) is 4.10. The lowest BCUT2D eigenvalue weighted by molar-refractivity contribution is -0.142. The van der Waals surface area contributed by atoms with Gasteiger partial charge in [0, 0.05) is 44.2 Å². The predicted molar refractivity (Wildman–Crippen MR) is 163 cm³/mol. The van der Waals surface area contributed by atoms with Crippen LogP contribution in [0.3, 0.4) is 0 Å². The standard InChI is InChI=1S/C32H42N6O5/c1-21-18-23(19-22(2)28(21)39)20-27(30(40)36-14-10-25(11-15-36)35(3)4)43-32(42)37-16-12-26(13-17-37)38-31(41)33-29(34-38)24-8-6-5-7-9-24/h5-9,18-19,25-27,39H,10-17,20H2,1-4H3,(H,33,34,41)/t27-/m1/s1. The lowest BCUT2D eigenvalue weighted by Crippen LogP contribution is -2.50. The smallest absolute Gasteiger partial charge is 0.410 e. The lowest BCUT2D eigenvalue weighted by atomic mass is 9.99. The molecule has 0 radical (unpaired) electrons. The first kappa shape index (κ1) is 30.3. The van der Waals surface area contributed by atoms with Crippen LogP contribution >= 0.6 is 0 Å². The van der Waals surface area contributed by atoms with Crippen LogP contribution < -0.4 is 5.69 Å². The molecule has 2 aromatic carbocycles. The van der Waals surface area contributed by atoms with Gasteiger partial charge in [0.05, 0.1) is 6.04 Å². The van der Waals surface area contributed by atoms with Crippen LogP contribution in [0.25, 0.3) is 11.4 Å². The first-order valence-corrected chi connectivity index (χ1v) is 15.0. The average Bonchev–Trinajstić information content (AvgIpc) is 3.41. The fraction of sp³-hybridized carbons (Fsp3) is 0.500. The third-order valence-corrected chi connectivity index (χ3v) is 8.75. The van der Waals surface area contributed by atoms with Crippen molar-refractivity contribution in [3.63, 3.8) is 0 Å². The van der Waals surface area contributed by atoms with Gasteiger partial charge in [-0.2, -0.15) is 0 Å². The Bertz CT molecular complexity index is 1460. The summed E-state index contributed by atoms with van der Waals surface area (Å²) in [6.45, 7) is 5.62. The molecule has 0 bridgehead atoms. The van der Waals surface area contributed by atoms with Gasteiger partial charge in [-0.15, -0.1) is 5.10 Å². The zero-order chi connectivity index (χ0) is 30.7. The van der Waals surface area contributed by atoms with E-state index < -0.39 is 12.2 Å². The van der Waals surface area contributed by atoms with Gasteiger partial charge in [0.2, 0.25) is 0 Å². The second-order valence-electron chi connectivity index (χ2n) is 12.0. The zero-order valence-electron chi connectivity index (χ0n) is 25.5. The van der Waals surface area contributed by atoms with Crippen LogP contribution in [-0.2, 0) is 16.0 Å². The van der Waals surface area contributed by atoms with Gasteiger partial charge in [0.1, 0.15) is 5.75 Å². The molecule has 1 aromatic heterocycles. The van der Waals surface area contributed by atoms with Gasteiger partial charge in [-0.1, -0.05) is 42.5 Å². The summed E-state index contributed by atoms with van der Waals surface area (Å²) in [5.74, 6) is 0.549. The number of aromatic hydroxyl groups is 1. The van der Waals surface area contributed by atoms with Crippen LogP contribution in [0.2, 0.25) is 0 Å². The number of hydrogen-bond acceptors (Lipinski definition) is 7. The predicted octanol–water partition coefficient (Wildman–Crippen LogP) is 3.50. The van der Waals surface area contributed by atoms with E-state index in [-0.39, 0.29) is 29.8 Å². The van der Waals surface area contributed by atoms with Gasteiger partial charge in [-0.05, 0) is 70.3 Å². The molecule has 2 fully saturated rings. The third kappa shape index (κ3) is 6.93. The highest BCUT2D eigenvalue weighted by Crippen LogP contribution is 2.26. The summed E-state index contributed by atoms with van der Waals surface area (Å²) in [6, 6.07) is 13.4. The van der Waals surface area contributed by atoms with E-state index in [4.69, 9.17) is 4.74 Å². The van der Waals surface area contributed by atoms with Crippen LogP contribution in [0.5, 0.6) is 5.75 Å². The molecule has 2 amide bonds. The number of aromatic nitrogens is 3. The summed E-state index contributed by atoms with van der Waals surface area (Å²) >= 11 is 0. The van der Waals surface area contributed by atoms with Gasteiger partial charge < -0.3 is 24.5 Å².